The molecule has 0 aliphatic carbocycles. The molecule has 0 saturated carbocycles. The standard InChI is InChI=1S/C12H15NO4/c1-2-17-13-12(14)8-9-3-4-10-11(7-9)16-6-5-15-10/h3-4,7H,2,5-6,8H2,1H3,(H,13,14). The van der Waals surface area contributed by atoms with Crippen LogP contribution in [0.3, 0.4) is 0 Å². The van der Waals surface area contributed by atoms with Gasteiger partial charge in [0.1, 0.15) is 13.2 Å². The van der Waals surface area contributed by atoms with Crippen LogP contribution in [0, 0.1) is 0 Å². The first-order valence-electron chi connectivity index (χ1n) is 5.58. The Balaban J connectivity index is 1.99. The monoisotopic (exact) mass is 237 g/mol. The van der Waals surface area contributed by atoms with E-state index in [9.17, 15) is 4.79 Å². The second-order valence-electron chi connectivity index (χ2n) is 3.61. The number of fused-ring (bicyclic) bond motifs is 1. The summed E-state index contributed by atoms with van der Waals surface area (Å²) >= 11 is 0. The molecule has 0 saturated heterocycles. The Hall–Kier alpha value is -1.75. The average molecular weight is 237 g/mol. The van der Waals surface area contributed by atoms with Crippen LogP contribution in [0.25, 0.3) is 0 Å². The topological polar surface area (TPSA) is 56.8 Å². The fourth-order valence-electron chi connectivity index (χ4n) is 1.57. The van der Waals surface area contributed by atoms with E-state index in [0.717, 1.165) is 11.3 Å². The van der Waals surface area contributed by atoms with Gasteiger partial charge in [0, 0.05) is 0 Å². The number of carbonyl (C=O) groups is 1. The summed E-state index contributed by atoms with van der Waals surface area (Å²) in [4.78, 5) is 16.3. The summed E-state index contributed by atoms with van der Waals surface area (Å²) in [5, 5.41) is 0. The Morgan fingerprint density at radius 1 is 1.35 bits per heavy atom. The molecule has 0 bridgehead atoms. The number of amides is 1. The summed E-state index contributed by atoms with van der Waals surface area (Å²) in [5.74, 6) is 1.24. The van der Waals surface area contributed by atoms with Gasteiger partial charge in [-0.2, -0.15) is 0 Å². The Kier molecular flexibility index (Phi) is 3.82. The number of nitrogens with one attached hydrogen (secondary N) is 1. The van der Waals surface area contributed by atoms with Gasteiger partial charge in [0.15, 0.2) is 11.5 Å². The first kappa shape index (κ1) is 11.7. The maximum atomic E-state index is 11.4. The molecule has 1 aromatic carbocycles. The zero-order chi connectivity index (χ0) is 12.1. The predicted molar refractivity (Wildman–Crippen MR) is 60.9 cm³/mol. The van der Waals surface area contributed by atoms with Crippen molar-refractivity contribution in [1.82, 2.24) is 5.48 Å². The quantitative estimate of drug-likeness (QED) is 0.796. The van der Waals surface area contributed by atoms with Gasteiger partial charge >= 0.3 is 0 Å². The van der Waals surface area contributed by atoms with Crippen molar-refractivity contribution in [3.63, 3.8) is 0 Å². The molecule has 0 atom stereocenters. The number of carbonyl (C=O) groups excluding carboxylic acids is 1. The molecule has 17 heavy (non-hydrogen) atoms. The van der Waals surface area contributed by atoms with Crippen LogP contribution in [0.15, 0.2) is 18.2 Å². The predicted octanol–water partition coefficient (Wildman–Crippen LogP) is 1.07. The van der Waals surface area contributed by atoms with Gasteiger partial charge in [0.25, 0.3) is 0 Å². The van der Waals surface area contributed by atoms with E-state index in [1.807, 2.05) is 25.1 Å². The van der Waals surface area contributed by atoms with E-state index in [0.29, 0.717) is 25.6 Å². The van der Waals surface area contributed by atoms with Crippen molar-refractivity contribution in [2.24, 2.45) is 0 Å². The SMILES string of the molecule is CCONC(=O)Cc1ccc2c(c1)OCCO2. The van der Waals surface area contributed by atoms with Crippen LogP contribution in [0.4, 0.5) is 0 Å². The number of rotatable bonds is 4. The molecule has 0 aromatic heterocycles. The molecule has 1 aliphatic rings. The van der Waals surface area contributed by atoms with Crippen LogP contribution in [-0.4, -0.2) is 25.7 Å². The maximum absolute atomic E-state index is 11.4. The molecule has 1 aromatic rings. The normalized spacial score (nSPS) is 13.2. The highest BCUT2D eigenvalue weighted by Crippen LogP contribution is 2.30. The van der Waals surface area contributed by atoms with Crippen molar-refractivity contribution in [3.05, 3.63) is 23.8 Å². The Bertz CT molecular complexity index is 405. The molecule has 92 valence electrons. The summed E-state index contributed by atoms with van der Waals surface area (Å²) in [6, 6.07) is 5.48. The second-order valence-corrected chi connectivity index (χ2v) is 3.61. The second kappa shape index (κ2) is 5.54. The van der Waals surface area contributed by atoms with Gasteiger partial charge in [-0.15, -0.1) is 0 Å². The van der Waals surface area contributed by atoms with Gasteiger partial charge in [-0.3, -0.25) is 9.63 Å². The largest absolute Gasteiger partial charge is 0.486 e. The van der Waals surface area contributed by atoms with E-state index in [4.69, 9.17) is 14.3 Å². The van der Waals surface area contributed by atoms with E-state index in [-0.39, 0.29) is 12.3 Å². The molecule has 5 nitrogen and oxygen atoms in total. The lowest BCUT2D eigenvalue weighted by atomic mass is 10.1. The summed E-state index contributed by atoms with van der Waals surface area (Å²) in [5.41, 5.74) is 3.22. The minimum Gasteiger partial charge on any atom is -0.486 e. The summed E-state index contributed by atoms with van der Waals surface area (Å²) in [6.07, 6.45) is 0.261. The molecule has 0 spiro atoms. The molecule has 0 fully saturated rings. The van der Waals surface area contributed by atoms with Gasteiger partial charge < -0.3 is 9.47 Å². The van der Waals surface area contributed by atoms with Crippen molar-refractivity contribution >= 4 is 5.91 Å². The van der Waals surface area contributed by atoms with Crippen LogP contribution < -0.4 is 15.0 Å². The van der Waals surface area contributed by atoms with Crippen LogP contribution in [0.5, 0.6) is 11.5 Å². The van der Waals surface area contributed by atoms with Crippen molar-refractivity contribution in [1.29, 1.82) is 0 Å². The Morgan fingerprint density at radius 2 is 2.12 bits per heavy atom. The lowest BCUT2D eigenvalue weighted by molar-refractivity contribution is -0.132. The number of hydrogen-bond acceptors (Lipinski definition) is 4. The number of hydroxylamine groups is 1. The molecule has 5 heteroatoms. The average Bonchev–Trinajstić information content (AvgIpc) is 2.36. The first-order chi connectivity index (χ1) is 8.29. The van der Waals surface area contributed by atoms with Gasteiger partial charge in [0.2, 0.25) is 5.91 Å². The Morgan fingerprint density at radius 3 is 2.88 bits per heavy atom. The molecule has 1 heterocycles. The van der Waals surface area contributed by atoms with Gasteiger partial charge in [-0.1, -0.05) is 6.07 Å². The minimum atomic E-state index is -0.177. The third-order valence-corrected chi connectivity index (χ3v) is 2.30. The van der Waals surface area contributed by atoms with E-state index in [1.54, 1.807) is 0 Å². The summed E-state index contributed by atoms with van der Waals surface area (Å²) in [6.45, 7) is 3.37. The maximum Gasteiger partial charge on any atom is 0.247 e. The van der Waals surface area contributed by atoms with Crippen molar-refractivity contribution < 1.29 is 19.1 Å². The number of ether oxygens (including phenoxy) is 2. The van der Waals surface area contributed by atoms with E-state index in [2.05, 4.69) is 5.48 Å². The molecular formula is C12H15NO4. The molecule has 1 amide bonds. The van der Waals surface area contributed by atoms with Crippen molar-refractivity contribution in [2.75, 3.05) is 19.8 Å². The van der Waals surface area contributed by atoms with Crippen LogP contribution in [-0.2, 0) is 16.1 Å². The smallest absolute Gasteiger partial charge is 0.247 e. The highest BCUT2D eigenvalue weighted by Gasteiger charge is 2.12. The third kappa shape index (κ3) is 3.10. The van der Waals surface area contributed by atoms with Gasteiger partial charge in [-0.25, -0.2) is 5.48 Å². The summed E-state index contributed by atoms with van der Waals surface area (Å²) < 4.78 is 10.8. The van der Waals surface area contributed by atoms with Crippen molar-refractivity contribution in [3.8, 4) is 11.5 Å². The van der Waals surface area contributed by atoms with Crippen LogP contribution in [0.2, 0.25) is 0 Å². The zero-order valence-electron chi connectivity index (χ0n) is 9.69. The molecule has 0 unspecified atom stereocenters. The first-order valence-corrected chi connectivity index (χ1v) is 5.58. The zero-order valence-corrected chi connectivity index (χ0v) is 9.69. The van der Waals surface area contributed by atoms with Crippen LogP contribution in [0.1, 0.15) is 12.5 Å². The lowest BCUT2D eigenvalue weighted by Crippen LogP contribution is -2.25. The number of hydrogen-bond donors (Lipinski definition) is 1. The van der Waals surface area contributed by atoms with E-state index >= 15 is 0 Å². The molecule has 1 aliphatic heterocycles. The fourth-order valence-corrected chi connectivity index (χ4v) is 1.57. The molecule has 0 radical (unpaired) electrons. The fraction of sp³-hybridized carbons (Fsp3) is 0.417. The lowest BCUT2D eigenvalue weighted by Gasteiger charge is -2.18. The molecule has 2 rings (SSSR count). The van der Waals surface area contributed by atoms with E-state index in [1.165, 1.54) is 0 Å². The van der Waals surface area contributed by atoms with Crippen LogP contribution >= 0.6 is 0 Å². The summed E-state index contributed by atoms with van der Waals surface area (Å²) in [7, 11) is 0. The highest BCUT2D eigenvalue weighted by molar-refractivity contribution is 5.77. The van der Waals surface area contributed by atoms with E-state index < -0.39 is 0 Å². The van der Waals surface area contributed by atoms with Gasteiger partial charge in [0.05, 0.1) is 13.0 Å². The highest BCUT2D eigenvalue weighted by atomic mass is 16.6. The third-order valence-electron chi connectivity index (χ3n) is 2.30. The van der Waals surface area contributed by atoms with Gasteiger partial charge in [-0.05, 0) is 24.6 Å². The number of benzene rings is 1. The Labute approximate surface area is 99.6 Å². The molecular weight excluding hydrogens is 222 g/mol. The van der Waals surface area contributed by atoms with Crippen molar-refractivity contribution in [2.45, 2.75) is 13.3 Å². The molecule has 1 N–H and O–H groups in total. The minimum absolute atomic E-state index is 0.177.